The summed E-state index contributed by atoms with van der Waals surface area (Å²) >= 11 is 1.94. The van der Waals surface area contributed by atoms with Crippen molar-refractivity contribution in [2.45, 2.75) is 51.0 Å². The molecule has 28 heavy (non-hydrogen) atoms. The lowest BCUT2D eigenvalue weighted by Gasteiger charge is -2.21. The van der Waals surface area contributed by atoms with Gasteiger partial charge in [-0.25, -0.2) is 4.99 Å². The van der Waals surface area contributed by atoms with Crippen LogP contribution in [0.3, 0.4) is 0 Å². The Labute approximate surface area is 172 Å². The maximum atomic E-state index is 5.37. The number of aliphatic imine (C=N–C) groups is 1. The molecule has 6 nitrogen and oxygen atoms in total. The third-order valence-electron chi connectivity index (χ3n) is 4.63. The maximum Gasteiger partial charge on any atom is 0.232 e. The van der Waals surface area contributed by atoms with Gasteiger partial charge in [0.1, 0.15) is 6.54 Å². The minimum Gasteiger partial charge on any atom is -0.357 e. The smallest absolute Gasteiger partial charge is 0.232 e. The van der Waals surface area contributed by atoms with Crippen molar-refractivity contribution in [3.8, 4) is 0 Å². The van der Waals surface area contributed by atoms with Gasteiger partial charge in [-0.05, 0) is 31.4 Å². The number of benzene rings is 1. The Hall–Kier alpha value is -2.02. The highest BCUT2D eigenvalue weighted by Gasteiger charge is 2.25. The Bertz CT molecular complexity index is 769. The van der Waals surface area contributed by atoms with E-state index in [0.29, 0.717) is 24.2 Å². The van der Waals surface area contributed by atoms with Crippen LogP contribution in [0, 0.1) is 5.92 Å². The number of guanidine groups is 1. The summed E-state index contributed by atoms with van der Waals surface area (Å²) in [6.07, 6.45) is 1.20. The lowest BCUT2D eigenvalue weighted by molar-refractivity contribution is 0.318. The number of aromatic nitrogens is 2. The number of likely N-dealkylation sites (tertiary alicyclic amines) is 1. The molecule has 1 aromatic heterocycles. The van der Waals surface area contributed by atoms with Crippen LogP contribution in [0.15, 0.2) is 44.7 Å². The molecule has 1 aromatic carbocycles. The van der Waals surface area contributed by atoms with Crippen molar-refractivity contribution in [2.24, 2.45) is 10.9 Å². The van der Waals surface area contributed by atoms with Crippen LogP contribution in [0.2, 0.25) is 0 Å². The van der Waals surface area contributed by atoms with Gasteiger partial charge in [-0.3, -0.25) is 0 Å². The topological polar surface area (TPSA) is 66.5 Å². The Morgan fingerprint density at radius 3 is 2.79 bits per heavy atom. The Balaban J connectivity index is 1.56. The van der Waals surface area contributed by atoms with E-state index in [2.05, 4.69) is 78.4 Å². The van der Waals surface area contributed by atoms with Gasteiger partial charge in [0.05, 0.1) is 0 Å². The minimum absolute atomic E-state index is 0.141. The van der Waals surface area contributed by atoms with Crippen LogP contribution in [0.5, 0.6) is 0 Å². The number of hydrogen-bond acceptors (Lipinski definition) is 5. The summed E-state index contributed by atoms with van der Waals surface area (Å²) in [5.41, 5.74) is -0.141. The average Bonchev–Trinajstić information content (AvgIpc) is 3.34. The first kappa shape index (κ1) is 20.7. The highest BCUT2D eigenvalue weighted by atomic mass is 32.2. The summed E-state index contributed by atoms with van der Waals surface area (Å²) < 4.78 is 5.37. The molecule has 2 heterocycles. The molecule has 2 aromatic rings. The summed E-state index contributed by atoms with van der Waals surface area (Å²) in [4.78, 5) is 12.9. The van der Waals surface area contributed by atoms with Gasteiger partial charge in [0.15, 0.2) is 11.8 Å². The predicted molar refractivity (Wildman–Crippen MR) is 115 cm³/mol. The zero-order chi connectivity index (χ0) is 20.0. The van der Waals surface area contributed by atoms with E-state index in [9.17, 15) is 0 Å². The highest BCUT2D eigenvalue weighted by Crippen LogP contribution is 2.26. The molecule has 0 saturated carbocycles. The summed E-state index contributed by atoms with van der Waals surface area (Å²) in [5, 5.41) is 7.49. The normalized spacial score (nSPS) is 17.9. The molecule has 1 aliphatic heterocycles. The lowest BCUT2D eigenvalue weighted by atomic mass is 9.97. The van der Waals surface area contributed by atoms with Crippen LogP contribution in [0.4, 0.5) is 0 Å². The number of thioether (sulfide) groups is 1. The van der Waals surface area contributed by atoms with E-state index in [1.807, 2.05) is 11.8 Å². The van der Waals surface area contributed by atoms with Crippen molar-refractivity contribution in [1.29, 1.82) is 0 Å². The maximum absolute atomic E-state index is 5.37. The number of nitrogens with zero attached hydrogens (tertiary/aromatic N) is 4. The van der Waals surface area contributed by atoms with E-state index >= 15 is 0 Å². The SMILES string of the molecule is CCNC(=NCc1noc(C(C)(C)C)n1)N1CCC(CSc2ccccc2)C1. The second-order valence-electron chi connectivity index (χ2n) is 8.16. The number of nitrogens with one attached hydrogen (secondary N) is 1. The molecule has 152 valence electrons. The Kier molecular flexibility index (Phi) is 6.99. The fourth-order valence-corrected chi connectivity index (χ4v) is 4.14. The fourth-order valence-electron chi connectivity index (χ4n) is 3.09. The molecule has 7 heteroatoms. The standard InChI is InChI=1S/C21H31N5OS/c1-5-22-20(23-13-18-24-19(27-25-18)21(2,3)4)26-12-11-16(14-26)15-28-17-9-7-6-8-10-17/h6-10,16H,5,11-15H2,1-4H3,(H,22,23). The van der Waals surface area contributed by atoms with Gasteiger partial charge < -0.3 is 14.7 Å². The number of rotatable bonds is 6. The van der Waals surface area contributed by atoms with Crippen molar-refractivity contribution in [3.05, 3.63) is 42.0 Å². The summed E-state index contributed by atoms with van der Waals surface area (Å²) in [6, 6.07) is 10.6. The van der Waals surface area contributed by atoms with Crippen LogP contribution in [0.25, 0.3) is 0 Å². The molecule has 0 aliphatic carbocycles. The van der Waals surface area contributed by atoms with Crippen molar-refractivity contribution in [2.75, 3.05) is 25.4 Å². The third-order valence-corrected chi connectivity index (χ3v) is 5.87. The van der Waals surface area contributed by atoms with Gasteiger partial charge in [0.2, 0.25) is 5.89 Å². The van der Waals surface area contributed by atoms with E-state index < -0.39 is 0 Å². The van der Waals surface area contributed by atoms with Gasteiger partial charge in [-0.15, -0.1) is 11.8 Å². The van der Waals surface area contributed by atoms with Crippen LogP contribution in [0.1, 0.15) is 45.8 Å². The molecule has 1 atom stereocenters. The van der Waals surface area contributed by atoms with E-state index in [0.717, 1.165) is 31.3 Å². The summed E-state index contributed by atoms with van der Waals surface area (Å²) in [6.45, 7) is 11.6. The van der Waals surface area contributed by atoms with Crippen LogP contribution >= 0.6 is 11.8 Å². The van der Waals surface area contributed by atoms with Crippen LogP contribution < -0.4 is 5.32 Å². The molecule has 1 N–H and O–H groups in total. The molecule has 3 rings (SSSR count). The molecule has 0 spiro atoms. The fraction of sp³-hybridized carbons (Fsp3) is 0.571. The van der Waals surface area contributed by atoms with Gasteiger partial charge in [0.25, 0.3) is 0 Å². The van der Waals surface area contributed by atoms with Gasteiger partial charge in [-0.1, -0.05) is 44.1 Å². The van der Waals surface area contributed by atoms with E-state index in [4.69, 9.17) is 9.52 Å². The number of hydrogen-bond donors (Lipinski definition) is 1. The second kappa shape index (κ2) is 9.45. The van der Waals surface area contributed by atoms with E-state index in [-0.39, 0.29) is 5.41 Å². The van der Waals surface area contributed by atoms with Crippen LogP contribution in [-0.2, 0) is 12.0 Å². The zero-order valence-electron chi connectivity index (χ0n) is 17.3. The first-order valence-corrected chi connectivity index (χ1v) is 11.0. The first-order valence-electron chi connectivity index (χ1n) is 10.00. The second-order valence-corrected chi connectivity index (χ2v) is 9.25. The largest absolute Gasteiger partial charge is 0.357 e. The zero-order valence-corrected chi connectivity index (χ0v) is 18.1. The molecule has 0 radical (unpaired) electrons. The monoisotopic (exact) mass is 401 g/mol. The van der Waals surface area contributed by atoms with Crippen LogP contribution in [-0.4, -0.2) is 46.4 Å². The summed E-state index contributed by atoms with van der Waals surface area (Å²) in [7, 11) is 0. The van der Waals surface area contributed by atoms with Gasteiger partial charge in [0, 0.05) is 35.7 Å². The van der Waals surface area contributed by atoms with Crippen molar-refractivity contribution < 1.29 is 4.52 Å². The average molecular weight is 402 g/mol. The quantitative estimate of drug-likeness (QED) is 0.449. The molecule has 1 fully saturated rings. The molecule has 1 saturated heterocycles. The first-order chi connectivity index (χ1) is 13.5. The van der Waals surface area contributed by atoms with Crippen molar-refractivity contribution in [3.63, 3.8) is 0 Å². The third kappa shape index (κ3) is 5.74. The van der Waals surface area contributed by atoms with Crippen molar-refractivity contribution in [1.82, 2.24) is 20.4 Å². The van der Waals surface area contributed by atoms with Crippen molar-refractivity contribution >= 4 is 17.7 Å². The Morgan fingerprint density at radius 1 is 1.32 bits per heavy atom. The molecular formula is C21H31N5OS. The molecular weight excluding hydrogens is 370 g/mol. The molecule has 0 bridgehead atoms. The summed E-state index contributed by atoms with van der Waals surface area (Å²) in [5.74, 6) is 4.04. The van der Waals surface area contributed by atoms with Gasteiger partial charge in [-0.2, -0.15) is 4.98 Å². The minimum atomic E-state index is -0.141. The lowest BCUT2D eigenvalue weighted by Crippen LogP contribution is -2.40. The molecule has 0 amide bonds. The molecule has 1 aliphatic rings. The van der Waals surface area contributed by atoms with Gasteiger partial charge >= 0.3 is 0 Å². The predicted octanol–water partition coefficient (Wildman–Crippen LogP) is 3.95. The highest BCUT2D eigenvalue weighted by molar-refractivity contribution is 7.99. The van der Waals surface area contributed by atoms with E-state index in [1.165, 1.54) is 11.3 Å². The van der Waals surface area contributed by atoms with E-state index in [1.54, 1.807) is 0 Å². The molecule has 1 unspecified atom stereocenters. The Morgan fingerprint density at radius 2 is 2.11 bits per heavy atom.